The first-order chi connectivity index (χ1) is 8.76. The lowest BCUT2D eigenvalue weighted by Gasteiger charge is -2.14. The summed E-state index contributed by atoms with van der Waals surface area (Å²) in [5.41, 5.74) is 0. The van der Waals surface area contributed by atoms with Crippen molar-refractivity contribution in [1.29, 1.82) is 0 Å². The molecule has 102 valence electrons. The van der Waals surface area contributed by atoms with E-state index in [0.717, 1.165) is 31.0 Å². The molecule has 5 heteroatoms. The van der Waals surface area contributed by atoms with E-state index in [4.69, 9.17) is 0 Å². The van der Waals surface area contributed by atoms with Gasteiger partial charge < -0.3 is 10.6 Å². The van der Waals surface area contributed by atoms with Crippen LogP contribution in [0.2, 0.25) is 0 Å². The number of hydrogen-bond donors (Lipinski definition) is 2. The van der Waals surface area contributed by atoms with Gasteiger partial charge in [0.25, 0.3) is 0 Å². The number of thioether (sulfide) groups is 1. The molecule has 4 nitrogen and oxygen atoms in total. The Morgan fingerprint density at radius 2 is 2.06 bits per heavy atom. The molecule has 0 aliphatic carbocycles. The Morgan fingerprint density at radius 1 is 1.28 bits per heavy atom. The Labute approximate surface area is 114 Å². The van der Waals surface area contributed by atoms with E-state index in [1.54, 1.807) is 6.33 Å². The lowest BCUT2D eigenvalue weighted by Crippen LogP contribution is -2.17. The number of hydrogen-bond acceptors (Lipinski definition) is 5. The highest BCUT2D eigenvalue weighted by Gasteiger charge is 2.04. The van der Waals surface area contributed by atoms with Crippen LogP contribution in [0.1, 0.15) is 33.6 Å². The molecule has 0 fully saturated rings. The fraction of sp³-hybridized carbons (Fsp3) is 0.692. The zero-order chi connectivity index (χ0) is 13.2. The normalized spacial score (nSPS) is 12.2. The van der Waals surface area contributed by atoms with Crippen molar-refractivity contribution in [1.82, 2.24) is 9.97 Å². The molecule has 0 aliphatic rings. The molecular formula is C13H24N4S. The summed E-state index contributed by atoms with van der Waals surface area (Å²) in [5, 5.41) is 6.68. The van der Waals surface area contributed by atoms with Gasteiger partial charge in [-0.2, -0.15) is 11.8 Å². The molecule has 1 heterocycles. The standard InChI is InChI=1S/C13H24N4S/c1-4-7-14-12-9-13(16-10-15-12)17-11(3)6-8-18-5-2/h9-11H,4-8H2,1-3H3,(H2,14,15,16,17). The summed E-state index contributed by atoms with van der Waals surface area (Å²) in [4.78, 5) is 8.44. The molecule has 0 saturated carbocycles. The summed E-state index contributed by atoms with van der Waals surface area (Å²) in [6.07, 6.45) is 3.85. The van der Waals surface area contributed by atoms with Crippen molar-refractivity contribution in [2.45, 2.75) is 39.7 Å². The Kier molecular flexibility index (Phi) is 7.57. The highest BCUT2D eigenvalue weighted by molar-refractivity contribution is 7.99. The minimum atomic E-state index is 0.443. The molecule has 1 aromatic heterocycles. The zero-order valence-electron chi connectivity index (χ0n) is 11.6. The van der Waals surface area contributed by atoms with Crippen LogP contribution in [0.4, 0.5) is 11.6 Å². The van der Waals surface area contributed by atoms with E-state index in [9.17, 15) is 0 Å². The molecule has 2 N–H and O–H groups in total. The molecule has 1 unspecified atom stereocenters. The lowest BCUT2D eigenvalue weighted by molar-refractivity contribution is 0.765. The van der Waals surface area contributed by atoms with Gasteiger partial charge in [-0.1, -0.05) is 13.8 Å². The molecule has 1 rings (SSSR count). The average molecular weight is 268 g/mol. The highest BCUT2D eigenvalue weighted by Crippen LogP contribution is 2.12. The molecule has 0 aromatic carbocycles. The Balaban J connectivity index is 2.40. The van der Waals surface area contributed by atoms with Crippen LogP contribution in [-0.2, 0) is 0 Å². The fourth-order valence-corrected chi connectivity index (χ4v) is 2.32. The fourth-order valence-electron chi connectivity index (χ4n) is 1.52. The molecular weight excluding hydrogens is 244 g/mol. The highest BCUT2D eigenvalue weighted by atomic mass is 32.2. The first-order valence-electron chi connectivity index (χ1n) is 6.66. The van der Waals surface area contributed by atoms with Gasteiger partial charge >= 0.3 is 0 Å². The van der Waals surface area contributed by atoms with E-state index < -0.39 is 0 Å². The van der Waals surface area contributed by atoms with Crippen molar-refractivity contribution in [3.63, 3.8) is 0 Å². The van der Waals surface area contributed by atoms with E-state index in [2.05, 4.69) is 41.4 Å². The first-order valence-corrected chi connectivity index (χ1v) is 7.82. The van der Waals surface area contributed by atoms with Crippen LogP contribution in [0.25, 0.3) is 0 Å². The third-order valence-electron chi connectivity index (χ3n) is 2.52. The minimum absolute atomic E-state index is 0.443. The maximum atomic E-state index is 4.25. The third-order valence-corrected chi connectivity index (χ3v) is 3.45. The molecule has 0 saturated heterocycles. The number of rotatable bonds is 9. The van der Waals surface area contributed by atoms with Crippen molar-refractivity contribution in [3.05, 3.63) is 12.4 Å². The van der Waals surface area contributed by atoms with Gasteiger partial charge in [0.15, 0.2) is 0 Å². The zero-order valence-corrected chi connectivity index (χ0v) is 12.4. The lowest BCUT2D eigenvalue weighted by atomic mass is 10.2. The van der Waals surface area contributed by atoms with Gasteiger partial charge in [0.2, 0.25) is 0 Å². The average Bonchev–Trinajstić information content (AvgIpc) is 2.37. The van der Waals surface area contributed by atoms with E-state index in [1.165, 1.54) is 11.5 Å². The van der Waals surface area contributed by atoms with Crippen molar-refractivity contribution in [3.8, 4) is 0 Å². The van der Waals surface area contributed by atoms with E-state index in [-0.39, 0.29) is 0 Å². The minimum Gasteiger partial charge on any atom is -0.370 e. The predicted molar refractivity (Wildman–Crippen MR) is 81.5 cm³/mol. The van der Waals surface area contributed by atoms with Crippen LogP contribution in [0, 0.1) is 0 Å². The van der Waals surface area contributed by atoms with Gasteiger partial charge in [0.1, 0.15) is 18.0 Å². The molecule has 0 bridgehead atoms. The van der Waals surface area contributed by atoms with E-state index in [0.29, 0.717) is 6.04 Å². The summed E-state index contributed by atoms with van der Waals surface area (Å²) in [5.74, 6) is 4.17. The molecule has 18 heavy (non-hydrogen) atoms. The van der Waals surface area contributed by atoms with Crippen LogP contribution in [0.15, 0.2) is 12.4 Å². The number of nitrogens with zero attached hydrogens (tertiary/aromatic N) is 2. The molecule has 0 aliphatic heterocycles. The van der Waals surface area contributed by atoms with Crippen LogP contribution < -0.4 is 10.6 Å². The largest absolute Gasteiger partial charge is 0.370 e. The van der Waals surface area contributed by atoms with E-state index in [1.807, 2.05) is 17.8 Å². The molecule has 0 spiro atoms. The van der Waals surface area contributed by atoms with Gasteiger partial charge in [-0.15, -0.1) is 0 Å². The smallest absolute Gasteiger partial charge is 0.131 e. The van der Waals surface area contributed by atoms with Crippen molar-refractivity contribution in [2.24, 2.45) is 0 Å². The molecule has 1 atom stereocenters. The molecule has 1 aromatic rings. The summed E-state index contributed by atoms with van der Waals surface area (Å²) >= 11 is 1.98. The van der Waals surface area contributed by atoms with Gasteiger partial charge in [0, 0.05) is 18.7 Å². The summed E-state index contributed by atoms with van der Waals surface area (Å²) in [7, 11) is 0. The maximum Gasteiger partial charge on any atom is 0.131 e. The number of aromatic nitrogens is 2. The summed E-state index contributed by atoms with van der Waals surface area (Å²) in [6, 6.07) is 2.41. The quantitative estimate of drug-likeness (QED) is 0.673. The van der Waals surface area contributed by atoms with Crippen LogP contribution in [0.5, 0.6) is 0 Å². The second-order valence-electron chi connectivity index (χ2n) is 4.25. The summed E-state index contributed by atoms with van der Waals surface area (Å²) in [6.45, 7) is 7.47. The van der Waals surface area contributed by atoms with Crippen molar-refractivity contribution in [2.75, 3.05) is 28.7 Å². The molecule has 0 amide bonds. The Hall–Kier alpha value is -0.970. The SMILES string of the molecule is CCCNc1cc(NC(C)CCSCC)ncn1. The van der Waals surface area contributed by atoms with Crippen LogP contribution in [0.3, 0.4) is 0 Å². The monoisotopic (exact) mass is 268 g/mol. The molecule has 0 radical (unpaired) electrons. The predicted octanol–water partition coefficient (Wildman–Crippen LogP) is 3.24. The van der Waals surface area contributed by atoms with Crippen LogP contribution in [-0.4, -0.2) is 34.1 Å². The van der Waals surface area contributed by atoms with Gasteiger partial charge in [-0.3, -0.25) is 0 Å². The number of nitrogens with one attached hydrogen (secondary N) is 2. The Bertz CT molecular complexity index is 333. The number of anilines is 2. The van der Waals surface area contributed by atoms with Crippen molar-refractivity contribution >= 4 is 23.4 Å². The van der Waals surface area contributed by atoms with Gasteiger partial charge in [0.05, 0.1) is 0 Å². The van der Waals surface area contributed by atoms with Crippen LogP contribution >= 0.6 is 11.8 Å². The van der Waals surface area contributed by atoms with Gasteiger partial charge in [-0.05, 0) is 31.3 Å². The Morgan fingerprint density at radius 3 is 2.78 bits per heavy atom. The summed E-state index contributed by atoms with van der Waals surface area (Å²) < 4.78 is 0. The van der Waals surface area contributed by atoms with Crippen molar-refractivity contribution < 1.29 is 0 Å². The topological polar surface area (TPSA) is 49.8 Å². The second-order valence-corrected chi connectivity index (χ2v) is 5.64. The van der Waals surface area contributed by atoms with E-state index >= 15 is 0 Å². The maximum absolute atomic E-state index is 4.25. The van der Waals surface area contributed by atoms with Gasteiger partial charge in [-0.25, -0.2) is 9.97 Å². The first kappa shape index (κ1) is 15.1. The third kappa shape index (κ3) is 6.10. The second kappa shape index (κ2) is 9.03.